The number of nitrogens with one attached hydrogen (secondary N) is 2. The number of likely N-dealkylation sites (N-methyl/N-ethyl adjacent to an activating group) is 1. The molecule has 0 spiro atoms. The Morgan fingerprint density at radius 2 is 1.85 bits per heavy atom. The molecule has 0 aliphatic rings. The average molecular weight is 510 g/mol. The maximum Gasteiger partial charge on any atom is 0.425 e. The van der Waals surface area contributed by atoms with Crippen LogP contribution in [0.25, 0.3) is 0 Å². The molecule has 2 aromatic carbocycles. The van der Waals surface area contributed by atoms with Gasteiger partial charge in [-0.25, -0.2) is 13.6 Å². The number of halogens is 6. The number of carbonyl (C=O) groups is 2. The summed E-state index contributed by atoms with van der Waals surface area (Å²) in [5, 5.41) is 13.1. The van der Waals surface area contributed by atoms with E-state index in [0.29, 0.717) is 19.1 Å². The van der Waals surface area contributed by atoms with Gasteiger partial charge in [-0.05, 0) is 32.0 Å². The minimum atomic E-state index is -4.83. The Morgan fingerprint density at radius 1 is 1.18 bits per heavy atom. The van der Waals surface area contributed by atoms with Crippen molar-refractivity contribution in [3.05, 3.63) is 52.6 Å². The Hall–Kier alpha value is -3.12. The fourth-order valence-electron chi connectivity index (χ4n) is 2.70. The van der Waals surface area contributed by atoms with Gasteiger partial charge in [-0.3, -0.25) is 4.79 Å². The largest absolute Gasteiger partial charge is 0.480 e. The second kappa shape index (κ2) is 11.3. The van der Waals surface area contributed by atoms with Crippen molar-refractivity contribution < 1.29 is 41.4 Å². The van der Waals surface area contributed by atoms with E-state index in [2.05, 4.69) is 10.6 Å². The number of rotatable bonds is 8. The second-order valence-corrected chi connectivity index (χ2v) is 7.32. The molecular weight excluding hydrogens is 489 g/mol. The van der Waals surface area contributed by atoms with Crippen molar-refractivity contribution in [2.24, 2.45) is 0 Å². The minimum absolute atomic E-state index is 0.0810. The summed E-state index contributed by atoms with van der Waals surface area (Å²) in [6.07, 6.45) is -7.24. The summed E-state index contributed by atoms with van der Waals surface area (Å²) in [6, 6.07) is 3.91. The number of para-hydroxylation sites is 1. The summed E-state index contributed by atoms with van der Waals surface area (Å²) in [5.41, 5.74) is -1.75. The molecule has 2 rings (SSSR count). The van der Waals surface area contributed by atoms with Gasteiger partial charge in [0.05, 0.1) is 28.6 Å². The van der Waals surface area contributed by atoms with Crippen LogP contribution in [0.2, 0.25) is 5.02 Å². The molecule has 186 valence electrons. The van der Waals surface area contributed by atoms with Gasteiger partial charge in [0, 0.05) is 19.2 Å². The molecule has 3 amide bonds. The third-order valence-electron chi connectivity index (χ3n) is 4.56. The average Bonchev–Trinajstić information content (AvgIpc) is 2.75. The summed E-state index contributed by atoms with van der Waals surface area (Å²) in [4.78, 5) is 26.1. The molecule has 1 atom stereocenters. The molecule has 34 heavy (non-hydrogen) atoms. The van der Waals surface area contributed by atoms with E-state index in [1.807, 2.05) is 0 Å². The molecule has 0 saturated heterocycles. The van der Waals surface area contributed by atoms with E-state index in [0.717, 1.165) is 11.0 Å². The van der Waals surface area contributed by atoms with Crippen LogP contribution in [0.3, 0.4) is 0 Å². The maximum absolute atomic E-state index is 14.7. The lowest BCUT2D eigenvalue weighted by Gasteiger charge is -2.23. The molecule has 0 aromatic heterocycles. The Bertz CT molecular complexity index is 1030. The van der Waals surface area contributed by atoms with Crippen molar-refractivity contribution >= 4 is 34.9 Å². The maximum atomic E-state index is 14.7. The van der Waals surface area contributed by atoms with Crippen molar-refractivity contribution in [3.8, 4) is 5.75 Å². The van der Waals surface area contributed by atoms with Gasteiger partial charge in [0.15, 0.2) is 6.10 Å². The van der Waals surface area contributed by atoms with E-state index < -0.39 is 58.5 Å². The van der Waals surface area contributed by atoms with Gasteiger partial charge in [0.25, 0.3) is 5.91 Å². The molecule has 3 N–H and O–H groups in total. The summed E-state index contributed by atoms with van der Waals surface area (Å²) >= 11 is 5.85. The van der Waals surface area contributed by atoms with Crippen LogP contribution in [-0.2, 0) is 0 Å². The standard InChI is InChI=1S/C21H21ClF5N3O4/c1-3-30(7-8-31)20(33)28-16-10-17(34-11(2)21(25,26)27)12(9-15(16)24)19(32)29-18-13(22)5-4-6-14(18)23/h4-6,9-11,31H,3,7-8H2,1-2H3,(H,28,33)(H,29,32). The summed E-state index contributed by atoms with van der Waals surface area (Å²) in [7, 11) is 0. The summed E-state index contributed by atoms with van der Waals surface area (Å²) in [5.74, 6) is -4.04. The Kier molecular flexibility index (Phi) is 9.05. The zero-order chi connectivity index (χ0) is 25.6. The van der Waals surface area contributed by atoms with Crippen LogP contribution in [0.1, 0.15) is 24.2 Å². The number of carbonyl (C=O) groups excluding carboxylic acids is 2. The molecule has 0 aliphatic carbocycles. The monoisotopic (exact) mass is 509 g/mol. The predicted octanol–water partition coefficient (Wildman–Crippen LogP) is 5.05. The van der Waals surface area contributed by atoms with E-state index in [4.69, 9.17) is 21.4 Å². The molecule has 2 aromatic rings. The van der Waals surface area contributed by atoms with Crippen LogP contribution in [0.15, 0.2) is 30.3 Å². The van der Waals surface area contributed by atoms with Crippen molar-refractivity contribution in [1.82, 2.24) is 4.90 Å². The topological polar surface area (TPSA) is 90.9 Å². The molecule has 0 heterocycles. The number of urea groups is 1. The van der Waals surface area contributed by atoms with Gasteiger partial charge < -0.3 is 25.4 Å². The molecule has 0 aliphatic heterocycles. The van der Waals surface area contributed by atoms with Gasteiger partial charge >= 0.3 is 12.2 Å². The number of amides is 3. The Balaban J connectivity index is 2.47. The van der Waals surface area contributed by atoms with Gasteiger partial charge in [0.1, 0.15) is 17.4 Å². The number of ether oxygens (including phenoxy) is 1. The van der Waals surface area contributed by atoms with Gasteiger partial charge in [-0.15, -0.1) is 0 Å². The molecule has 0 fully saturated rings. The molecular formula is C21H21ClF5N3O4. The quantitative estimate of drug-likeness (QED) is 0.435. The zero-order valence-electron chi connectivity index (χ0n) is 18.0. The SMILES string of the molecule is CCN(CCO)C(=O)Nc1cc(OC(C)C(F)(F)F)c(C(=O)Nc2c(F)cccc2Cl)cc1F. The van der Waals surface area contributed by atoms with Crippen LogP contribution in [0, 0.1) is 11.6 Å². The summed E-state index contributed by atoms with van der Waals surface area (Å²) < 4.78 is 72.9. The lowest BCUT2D eigenvalue weighted by atomic mass is 10.1. The minimum Gasteiger partial charge on any atom is -0.480 e. The lowest BCUT2D eigenvalue weighted by molar-refractivity contribution is -0.189. The van der Waals surface area contributed by atoms with E-state index in [9.17, 15) is 31.5 Å². The first-order chi connectivity index (χ1) is 15.9. The molecule has 13 heteroatoms. The van der Waals surface area contributed by atoms with E-state index in [-0.39, 0.29) is 24.7 Å². The van der Waals surface area contributed by atoms with Crippen LogP contribution in [0.5, 0.6) is 5.75 Å². The first kappa shape index (κ1) is 27.1. The van der Waals surface area contributed by atoms with Crippen molar-refractivity contribution in [1.29, 1.82) is 0 Å². The van der Waals surface area contributed by atoms with Crippen LogP contribution in [0.4, 0.5) is 38.1 Å². The van der Waals surface area contributed by atoms with Crippen LogP contribution in [-0.4, -0.2) is 53.9 Å². The third kappa shape index (κ3) is 6.70. The third-order valence-corrected chi connectivity index (χ3v) is 4.88. The van der Waals surface area contributed by atoms with Crippen LogP contribution < -0.4 is 15.4 Å². The molecule has 0 bridgehead atoms. The van der Waals surface area contributed by atoms with E-state index in [1.54, 1.807) is 6.92 Å². The first-order valence-corrected chi connectivity index (χ1v) is 10.3. The van der Waals surface area contributed by atoms with Gasteiger partial charge in [0.2, 0.25) is 0 Å². The van der Waals surface area contributed by atoms with Crippen molar-refractivity contribution in [2.45, 2.75) is 26.1 Å². The number of benzene rings is 2. The highest BCUT2D eigenvalue weighted by Gasteiger charge is 2.39. The Morgan fingerprint density at radius 3 is 2.41 bits per heavy atom. The van der Waals surface area contributed by atoms with Gasteiger partial charge in [-0.2, -0.15) is 13.2 Å². The number of hydrogen-bond acceptors (Lipinski definition) is 4. The smallest absolute Gasteiger partial charge is 0.425 e. The number of aliphatic hydroxyl groups is 1. The fourth-order valence-corrected chi connectivity index (χ4v) is 2.91. The zero-order valence-corrected chi connectivity index (χ0v) is 18.7. The van der Waals surface area contributed by atoms with Crippen molar-refractivity contribution in [3.63, 3.8) is 0 Å². The van der Waals surface area contributed by atoms with E-state index in [1.165, 1.54) is 12.1 Å². The Labute approximate surface area is 196 Å². The van der Waals surface area contributed by atoms with Crippen LogP contribution >= 0.6 is 11.6 Å². The lowest BCUT2D eigenvalue weighted by Crippen LogP contribution is -2.37. The second-order valence-electron chi connectivity index (χ2n) is 6.91. The fraction of sp³-hybridized carbons (Fsp3) is 0.333. The predicted molar refractivity (Wildman–Crippen MR) is 115 cm³/mol. The van der Waals surface area contributed by atoms with Gasteiger partial charge in [-0.1, -0.05) is 17.7 Å². The molecule has 1 unspecified atom stereocenters. The van der Waals surface area contributed by atoms with Crippen molar-refractivity contribution in [2.75, 3.05) is 30.3 Å². The molecule has 0 radical (unpaired) electrons. The first-order valence-electron chi connectivity index (χ1n) is 9.88. The number of nitrogens with zero attached hydrogens (tertiary/aromatic N) is 1. The summed E-state index contributed by atoms with van der Waals surface area (Å²) in [6.45, 7) is 1.94. The number of alkyl halides is 3. The molecule has 0 saturated carbocycles. The highest BCUT2D eigenvalue weighted by Crippen LogP contribution is 2.33. The highest BCUT2D eigenvalue weighted by atomic mass is 35.5. The number of hydrogen-bond donors (Lipinski definition) is 3. The normalized spacial score (nSPS) is 12.1. The van der Waals surface area contributed by atoms with E-state index >= 15 is 0 Å². The highest BCUT2D eigenvalue weighted by molar-refractivity contribution is 6.34. The number of aliphatic hydroxyl groups excluding tert-OH is 1. The molecule has 7 nitrogen and oxygen atoms in total. The number of anilines is 2.